The van der Waals surface area contributed by atoms with Gasteiger partial charge in [-0.05, 0) is 18.8 Å². The Morgan fingerprint density at radius 3 is 2.53 bits per heavy atom. The monoisotopic (exact) mass is 235 g/mol. The highest BCUT2D eigenvalue weighted by Crippen LogP contribution is 2.32. The molecule has 0 aromatic carbocycles. The number of sulfonamides is 1. The number of carboxylic acid groups (broad SMARTS) is 1. The smallest absolute Gasteiger partial charge is 0.324 e. The molecular weight excluding hydrogens is 218 g/mol. The Morgan fingerprint density at radius 2 is 2.13 bits per heavy atom. The summed E-state index contributed by atoms with van der Waals surface area (Å²) in [7, 11) is -3.48. The van der Waals surface area contributed by atoms with Gasteiger partial charge in [0.15, 0.2) is 0 Å². The van der Waals surface area contributed by atoms with Gasteiger partial charge in [0.1, 0.15) is 5.54 Å². The highest BCUT2D eigenvalue weighted by atomic mass is 32.2. The van der Waals surface area contributed by atoms with Crippen molar-refractivity contribution in [3.05, 3.63) is 0 Å². The summed E-state index contributed by atoms with van der Waals surface area (Å²) >= 11 is 0. The summed E-state index contributed by atoms with van der Waals surface area (Å²) in [5.74, 6) is -0.830. The van der Waals surface area contributed by atoms with Crippen LogP contribution in [-0.4, -0.2) is 31.3 Å². The lowest BCUT2D eigenvalue weighted by molar-refractivity contribution is -0.146. The predicted molar refractivity (Wildman–Crippen MR) is 56.0 cm³/mol. The normalized spacial score (nSPS) is 32.5. The lowest BCUT2D eigenvalue weighted by Crippen LogP contribution is -2.56. The molecule has 1 fully saturated rings. The van der Waals surface area contributed by atoms with Crippen molar-refractivity contribution >= 4 is 16.0 Å². The maximum absolute atomic E-state index is 11.2. The molecule has 1 aliphatic rings. The number of carboxylic acids is 1. The van der Waals surface area contributed by atoms with Crippen LogP contribution < -0.4 is 4.72 Å². The zero-order valence-electron chi connectivity index (χ0n) is 8.99. The van der Waals surface area contributed by atoms with Crippen LogP contribution in [0.4, 0.5) is 0 Å². The van der Waals surface area contributed by atoms with Crippen LogP contribution in [-0.2, 0) is 14.8 Å². The summed E-state index contributed by atoms with van der Waals surface area (Å²) in [6.45, 7) is 1.95. The number of carbonyl (C=O) groups is 1. The lowest BCUT2D eigenvalue weighted by Gasteiger charge is -2.36. The van der Waals surface area contributed by atoms with Crippen molar-refractivity contribution in [3.8, 4) is 0 Å². The average molecular weight is 235 g/mol. The number of hydrogen-bond donors (Lipinski definition) is 2. The summed E-state index contributed by atoms with van der Waals surface area (Å²) in [6.07, 6.45) is 3.45. The molecule has 2 unspecified atom stereocenters. The maximum Gasteiger partial charge on any atom is 0.324 e. The molecule has 0 bridgehead atoms. The average Bonchev–Trinajstić information content (AvgIpc) is 2.00. The van der Waals surface area contributed by atoms with E-state index in [4.69, 9.17) is 5.11 Å². The van der Waals surface area contributed by atoms with E-state index in [-0.39, 0.29) is 5.92 Å². The Labute approximate surface area is 89.9 Å². The molecule has 0 heterocycles. The minimum atomic E-state index is -3.48. The van der Waals surface area contributed by atoms with E-state index in [0.717, 1.165) is 19.1 Å². The molecule has 0 aromatic heterocycles. The fourth-order valence-electron chi connectivity index (χ4n) is 2.24. The first kappa shape index (κ1) is 12.4. The van der Waals surface area contributed by atoms with Gasteiger partial charge in [-0.15, -0.1) is 0 Å². The second kappa shape index (κ2) is 4.09. The third-order valence-corrected chi connectivity index (χ3v) is 3.55. The molecule has 0 radical (unpaired) electrons. The second-order valence-corrected chi connectivity index (χ2v) is 6.21. The van der Waals surface area contributed by atoms with Crippen molar-refractivity contribution in [2.24, 2.45) is 5.92 Å². The summed E-state index contributed by atoms with van der Waals surface area (Å²) in [6, 6.07) is 0. The molecule has 1 rings (SSSR count). The number of rotatable bonds is 3. The van der Waals surface area contributed by atoms with Crippen LogP contribution in [0.5, 0.6) is 0 Å². The zero-order valence-corrected chi connectivity index (χ0v) is 9.80. The van der Waals surface area contributed by atoms with Crippen LogP contribution >= 0.6 is 0 Å². The summed E-state index contributed by atoms with van der Waals surface area (Å²) < 4.78 is 24.6. The van der Waals surface area contributed by atoms with Crippen molar-refractivity contribution in [3.63, 3.8) is 0 Å². The van der Waals surface area contributed by atoms with Crippen LogP contribution in [0.3, 0.4) is 0 Å². The Bertz CT molecular complexity index is 351. The molecule has 88 valence electrons. The maximum atomic E-state index is 11.2. The first-order valence-corrected chi connectivity index (χ1v) is 6.87. The van der Waals surface area contributed by atoms with Gasteiger partial charge in [-0.2, -0.15) is 4.72 Å². The van der Waals surface area contributed by atoms with Crippen molar-refractivity contribution in [2.75, 3.05) is 6.26 Å². The topological polar surface area (TPSA) is 83.5 Å². The standard InChI is InChI=1S/C9H17NO4S/c1-7-4-3-5-9(6-7,8(11)12)10-15(2,13)14/h7,10H,3-6H2,1-2H3,(H,11,12). The fraction of sp³-hybridized carbons (Fsp3) is 0.889. The van der Waals surface area contributed by atoms with Crippen molar-refractivity contribution in [2.45, 2.75) is 38.1 Å². The van der Waals surface area contributed by atoms with E-state index >= 15 is 0 Å². The Balaban J connectivity index is 2.93. The fourth-order valence-corrected chi connectivity index (χ4v) is 3.22. The highest BCUT2D eigenvalue weighted by molar-refractivity contribution is 7.88. The third kappa shape index (κ3) is 3.17. The summed E-state index contributed by atoms with van der Waals surface area (Å²) in [5, 5.41) is 9.14. The van der Waals surface area contributed by atoms with Crippen LogP contribution in [0.15, 0.2) is 0 Å². The minimum absolute atomic E-state index is 0.240. The van der Waals surface area contributed by atoms with Gasteiger partial charge in [-0.3, -0.25) is 4.79 Å². The Kier molecular flexibility index (Phi) is 3.40. The quantitative estimate of drug-likeness (QED) is 0.749. The van der Waals surface area contributed by atoms with Crippen molar-refractivity contribution < 1.29 is 18.3 Å². The van der Waals surface area contributed by atoms with Gasteiger partial charge < -0.3 is 5.11 Å². The SMILES string of the molecule is CC1CCCC(NS(C)(=O)=O)(C(=O)O)C1. The van der Waals surface area contributed by atoms with Gasteiger partial charge in [0.25, 0.3) is 0 Å². The Morgan fingerprint density at radius 1 is 1.53 bits per heavy atom. The molecule has 5 nitrogen and oxygen atoms in total. The molecule has 0 spiro atoms. The van der Waals surface area contributed by atoms with E-state index in [1.54, 1.807) is 0 Å². The molecule has 0 saturated heterocycles. The van der Waals surface area contributed by atoms with E-state index in [9.17, 15) is 13.2 Å². The summed E-state index contributed by atoms with van der Waals surface area (Å²) in [4.78, 5) is 11.2. The van der Waals surface area contributed by atoms with E-state index < -0.39 is 21.5 Å². The van der Waals surface area contributed by atoms with Crippen LogP contribution in [0.1, 0.15) is 32.6 Å². The molecule has 2 N–H and O–H groups in total. The van der Waals surface area contributed by atoms with Gasteiger partial charge in [0.05, 0.1) is 6.26 Å². The lowest BCUT2D eigenvalue weighted by atomic mass is 9.77. The summed E-state index contributed by atoms with van der Waals surface area (Å²) in [5.41, 5.74) is -1.29. The van der Waals surface area contributed by atoms with Gasteiger partial charge in [0, 0.05) is 0 Å². The van der Waals surface area contributed by atoms with Crippen molar-refractivity contribution in [1.82, 2.24) is 4.72 Å². The van der Waals surface area contributed by atoms with Gasteiger partial charge in [0.2, 0.25) is 10.0 Å². The zero-order chi connectivity index (χ0) is 11.7. The molecule has 1 saturated carbocycles. The number of hydrogen-bond acceptors (Lipinski definition) is 3. The molecule has 0 aliphatic heterocycles. The highest BCUT2D eigenvalue weighted by Gasteiger charge is 2.43. The molecule has 0 aromatic rings. The second-order valence-electron chi connectivity index (χ2n) is 4.46. The van der Waals surface area contributed by atoms with Gasteiger partial charge in [-0.1, -0.05) is 19.8 Å². The van der Waals surface area contributed by atoms with E-state index in [1.165, 1.54) is 0 Å². The van der Waals surface area contributed by atoms with Crippen LogP contribution in [0, 0.1) is 5.92 Å². The van der Waals surface area contributed by atoms with Crippen LogP contribution in [0.25, 0.3) is 0 Å². The molecule has 6 heteroatoms. The molecule has 0 amide bonds. The molecule has 2 atom stereocenters. The van der Waals surface area contributed by atoms with Gasteiger partial charge in [-0.25, -0.2) is 8.42 Å². The molecular formula is C9H17NO4S. The molecule has 15 heavy (non-hydrogen) atoms. The third-order valence-electron chi connectivity index (χ3n) is 2.79. The van der Waals surface area contributed by atoms with E-state index in [1.807, 2.05) is 6.92 Å². The van der Waals surface area contributed by atoms with Crippen LogP contribution in [0.2, 0.25) is 0 Å². The first-order chi connectivity index (χ1) is 6.75. The van der Waals surface area contributed by atoms with Gasteiger partial charge >= 0.3 is 5.97 Å². The number of aliphatic carboxylic acids is 1. The minimum Gasteiger partial charge on any atom is -0.480 e. The van der Waals surface area contributed by atoms with E-state index in [2.05, 4.69) is 4.72 Å². The first-order valence-electron chi connectivity index (χ1n) is 4.97. The van der Waals surface area contributed by atoms with E-state index in [0.29, 0.717) is 12.8 Å². The Hall–Kier alpha value is -0.620. The molecule has 1 aliphatic carbocycles. The number of nitrogens with one attached hydrogen (secondary N) is 1. The predicted octanol–water partition coefficient (Wildman–Crippen LogP) is 0.569. The van der Waals surface area contributed by atoms with Crippen molar-refractivity contribution in [1.29, 1.82) is 0 Å². The largest absolute Gasteiger partial charge is 0.480 e.